The second-order valence-electron chi connectivity index (χ2n) is 6.53. The molecule has 2 aromatic carbocycles. The summed E-state index contributed by atoms with van der Waals surface area (Å²) in [5.41, 5.74) is 1.44. The topological polar surface area (TPSA) is 66.0 Å². The summed E-state index contributed by atoms with van der Waals surface area (Å²) in [7, 11) is 0. The van der Waals surface area contributed by atoms with E-state index in [-0.39, 0.29) is 11.7 Å². The third kappa shape index (κ3) is 3.51. The average molecular weight is 366 g/mol. The lowest BCUT2D eigenvalue weighted by molar-refractivity contribution is 0.333. The fourth-order valence-corrected chi connectivity index (χ4v) is 3.35. The Labute approximate surface area is 154 Å². The van der Waals surface area contributed by atoms with Crippen molar-refractivity contribution in [3.05, 3.63) is 65.6 Å². The molecule has 0 saturated carbocycles. The Hall–Kier alpha value is -3.27. The molecule has 1 atom stereocenters. The van der Waals surface area contributed by atoms with Gasteiger partial charge in [0.25, 0.3) is 0 Å². The van der Waals surface area contributed by atoms with Crippen LogP contribution >= 0.6 is 0 Å². The minimum atomic E-state index is -0.410. The molecule has 0 N–H and O–H groups in total. The molecule has 1 saturated heterocycles. The van der Waals surface area contributed by atoms with Crippen molar-refractivity contribution in [3.8, 4) is 17.5 Å². The van der Waals surface area contributed by atoms with Crippen LogP contribution in [-0.4, -0.2) is 23.2 Å². The van der Waals surface area contributed by atoms with Crippen LogP contribution < -0.4 is 4.90 Å². The number of hydrogen-bond donors (Lipinski definition) is 0. The number of nitriles is 1. The van der Waals surface area contributed by atoms with Crippen LogP contribution in [0.3, 0.4) is 0 Å². The molecule has 1 aliphatic heterocycles. The minimum absolute atomic E-state index is 0.0181. The van der Waals surface area contributed by atoms with Crippen molar-refractivity contribution in [2.24, 2.45) is 0 Å². The standard InChI is InChI=1S/C20H16F2N4O/c21-16-6-4-14(5-7-16)19-24-20(27-25-19)15-2-1-9-26(12-15)18-8-3-13(11-23)10-17(18)22/h3-8,10,15H,1-2,9,12H2. The second-order valence-corrected chi connectivity index (χ2v) is 6.53. The molecule has 27 heavy (non-hydrogen) atoms. The normalized spacial score (nSPS) is 16.9. The highest BCUT2D eigenvalue weighted by Gasteiger charge is 2.27. The van der Waals surface area contributed by atoms with E-state index in [1.54, 1.807) is 24.3 Å². The first-order valence-electron chi connectivity index (χ1n) is 8.68. The first-order chi connectivity index (χ1) is 13.1. The van der Waals surface area contributed by atoms with E-state index in [0.717, 1.165) is 19.4 Å². The number of hydrogen-bond acceptors (Lipinski definition) is 5. The zero-order chi connectivity index (χ0) is 18.8. The van der Waals surface area contributed by atoms with Crippen molar-refractivity contribution in [1.82, 2.24) is 10.1 Å². The summed E-state index contributed by atoms with van der Waals surface area (Å²) in [6.45, 7) is 1.27. The number of benzene rings is 2. The van der Waals surface area contributed by atoms with E-state index in [2.05, 4.69) is 10.1 Å². The minimum Gasteiger partial charge on any atom is -0.368 e. The van der Waals surface area contributed by atoms with Gasteiger partial charge in [0.15, 0.2) is 0 Å². The SMILES string of the molecule is N#Cc1ccc(N2CCCC(c3nc(-c4ccc(F)cc4)no3)C2)c(F)c1. The Bertz CT molecular complexity index is 994. The van der Waals surface area contributed by atoms with E-state index in [9.17, 15) is 8.78 Å². The maximum atomic E-state index is 14.3. The largest absolute Gasteiger partial charge is 0.368 e. The van der Waals surface area contributed by atoms with E-state index in [1.165, 1.54) is 18.2 Å². The summed E-state index contributed by atoms with van der Waals surface area (Å²) in [5.74, 6) is 0.150. The molecule has 3 aromatic rings. The maximum Gasteiger partial charge on any atom is 0.231 e. The van der Waals surface area contributed by atoms with Crippen molar-refractivity contribution in [3.63, 3.8) is 0 Å². The van der Waals surface area contributed by atoms with Gasteiger partial charge >= 0.3 is 0 Å². The van der Waals surface area contributed by atoms with Gasteiger partial charge in [0.1, 0.15) is 11.6 Å². The molecule has 0 spiro atoms. The predicted molar refractivity (Wildman–Crippen MR) is 95.0 cm³/mol. The average Bonchev–Trinajstić information content (AvgIpc) is 3.19. The Kier molecular flexibility index (Phi) is 4.55. The molecule has 0 aliphatic carbocycles. The van der Waals surface area contributed by atoms with Gasteiger partial charge in [-0.1, -0.05) is 5.16 Å². The first kappa shape index (κ1) is 17.2. The number of anilines is 1. The summed E-state index contributed by atoms with van der Waals surface area (Å²) in [4.78, 5) is 6.38. The van der Waals surface area contributed by atoms with Gasteiger partial charge in [0.2, 0.25) is 11.7 Å². The number of nitrogens with zero attached hydrogens (tertiary/aromatic N) is 4. The molecule has 0 bridgehead atoms. The second kappa shape index (κ2) is 7.16. The van der Waals surface area contributed by atoms with Crippen molar-refractivity contribution in [2.75, 3.05) is 18.0 Å². The molecule has 0 radical (unpaired) electrons. The molecule has 1 unspecified atom stereocenters. The van der Waals surface area contributed by atoms with Crippen LogP contribution in [0.25, 0.3) is 11.4 Å². The Morgan fingerprint density at radius 2 is 1.96 bits per heavy atom. The molecule has 4 rings (SSSR count). The van der Waals surface area contributed by atoms with Crippen molar-refractivity contribution < 1.29 is 13.3 Å². The molecule has 5 nitrogen and oxygen atoms in total. The van der Waals surface area contributed by atoms with E-state index in [1.807, 2.05) is 11.0 Å². The highest BCUT2D eigenvalue weighted by molar-refractivity contribution is 5.54. The van der Waals surface area contributed by atoms with Gasteiger partial charge in [-0.2, -0.15) is 10.2 Å². The lowest BCUT2D eigenvalue weighted by Gasteiger charge is -2.33. The van der Waals surface area contributed by atoms with E-state index >= 15 is 0 Å². The summed E-state index contributed by atoms with van der Waals surface area (Å²) in [5, 5.41) is 12.9. The highest BCUT2D eigenvalue weighted by Crippen LogP contribution is 2.31. The van der Waals surface area contributed by atoms with Crippen molar-refractivity contribution in [1.29, 1.82) is 5.26 Å². The summed E-state index contributed by atoms with van der Waals surface area (Å²) in [6.07, 6.45) is 1.72. The van der Waals surface area contributed by atoms with E-state index in [4.69, 9.17) is 9.78 Å². The van der Waals surface area contributed by atoms with Crippen molar-refractivity contribution in [2.45, 2.75) is 18.8 Å². The van der Waals surface area contributed by atoms with Crippen LogP contribution in [0.1, 0.15) is 30.2 Å². The third-order valence-corrected chi connectivity index (χ3v) is 4.73. The van der Waals surface area contributed by atoms with Gasteiger partial charge in [-0.3, -0.25) is 0 Å². The fourth-order valence-electron chi connectivity index (χ4n) is 3.35. The van der Waals surface area contributed by atoms with Crippen LogP contribution in [0.5, 0.6) is 0 Å². The predicted octanol–water partition coefficient (Wildman–Crippen LogP) is 4.27. The molecule has 1 aliphatic rings. The van der Waals surface area contributed by atoms with Crippen LogP contribution in [0, 0.1) is 23.0 Å². The van der Waals surface area contributed by atoms with E-state index < -0.39 is 5.82 Å². The maximum absolute atomic E-state index is 14.3. The lowest BCUT2D eigenvalue weighted by Crippen LogP contribution is -2.35. The van der Waals surface area contributed by atoms with Gasteiger partial charge < -0.3 is 9.42 Å². The zero-order valence-corrected chi connectivity index (χ0v) is 14.4. The molecular formula is C20H16F2N4O. The highest BCUT2D eigenvalue weighted by atomic mass is 19.1. The zero-order valence-electron chi connectivity index (χ0n) is 14.4. The van der Waals surface area contributed by atoms with Crippen LogP contribution in [0.15, 0.2) is 47.0 Å². The number of aromatic nitrogens is 2. The molecule has 1 aromatic heterocycles. The molecular weight excluding hydrogens is 350 g/mol. The van der Waals surface area contributed by atoms with Gasteiger partial charge in [0.05, 0.1) is 23.2 Å². The smallest absolute Gasteiger partial charge is 0.231 e. The van der Waals surface area contributed by atoms with Crippen LogP contribution in [-0.2, 0) is 0 Å². The van der Waals surface area contributed by atoms with Gasteiger partial charge in [0, 0.05) is 18.7 Å². The molecule has 1 fully saturated rings. The third-order valence-electron chi connectivity index (χ3n) is 4.73. The number of halogens is 2. The number of rotatable bonds is 3. The van der Waals surface area contributed by atoms with Gasteiger partial charge in [-0.25, -0.2) is 8.78 Å². The Morgan fingerprint density at radius 3 is 2.70 bits per heavy atom. The van der Waals surface area contributed by atoms with Crippen LogP contribution in [0.4, 0.5) is 14.5 Å². The van der Waals surface area contributed by atoms with Gasteiger partial charge in [-0.05, 0) is 55.3 Å². The Balaban J connectivity index is 1.54. The fraction of sp³-hybridized carbons (Fsp3) is 0.250. The molecule has 2 heterocycles. The summed E-state index contributed by atoms with van der Waals surface area (Å²) >= 11 is 0. The van der Waals surface area contributed by atoms with Crippen molar-refractivity contribution >= 4 is 5.69 Å². The molecule has 0 amide bonds. The molecule has 7 heteroatoms. The first-order valence-corrected chi connectivity index (χ1v) is 8.68. The Morgan fingerprint density at radius 1 is 1.15 bits per heavy atom. The van der Waals surface area contributed by atoms with Crippen LogP contribution in [0.2, 0.25) is 0 Å². The summed E-state index contributed by atoms with van der Waals surface area (Å²) in [6, 6.07) is 12.3. The van der Waals surface area contributed by atoms with Gasteiger partial charge in [-0.15, -0.1) is 0 Å². The van der Waals surface area contributed by atoms with E-state index in [0.29, 0.717) is 35.1 Å². The number of piperidine rings is 1. The monoisotopic (exact) mass is 366 g/mol. The quantitative estimate of drug-likeness (QED) is 0.692. The lowest BCUT2D eigenvalue weighted by atomic mass is 9.97. The summed E-state index contributed by atoms with van der Waals surface area (Å²) < 4.78 is 32.8. The molecule has 136 valence electrons.